The number of rotatable bonds is 1. The van der Waals surface area contributed by atoms with Crippen LogP contribution in [0.1, 0.15) is 48.0 Å². The molecule has 3 rings (SSSR count). The Morgan fingerprint density at radius 1 is 1.18 bits per heavy atom. The van der Waals surface area contributed by atoms with Crippen LogP contribution in [0, 0.1) is 5.92 Å². The highest BCUT2D eigenvalue weighted by Crippen LogP contribution is 2.34. The van der Waals surface area contributed by atoms with E-state index in [4.69, 9.17) is 9.47 Å². The van der Waals surface area contributed by atoms with Crippen LogP contribution in [0.4, 0.5) is 0 Å². The molecule has 1 aliphatic heterocycles. The van der Waals surface area contributed by atoms with E-state index in [1.54, 1.807) is 24.3 Å². The van der Waals surface area contributed by atoms with Gasteiger partial charge in [0.05, 0.1) is 13.2 Å². The molecule has 4 N–H and O–H groups in total. The smallest absolute Gasteiger partial charge is 0.342 e. The molecule has 3 atom stereocenters. The van der Waals surface area contributed by atoms with Crippen LogP contribution in [0.25, 0.3) is 6.08 Å². The molecule has 0 bridgehead atoms. The lowest BCUT2D eigenvalue weighted by molar-refractivity contribution is -0.116. The molecule has 0 amide bonds. The minimum Gasteiger partial charge on any atom is -0.507 e. The Balaban J connectivity index is 0.00000280. The fourth-order valence-electron chi connectivity index (χ4n) is 3.58. The van der Waals surface area contributed by atoms with Gasteiger partial charge in [0.1, 0.15) is 23.2 Å². The van der Waals surface area contributed by atoms with Crippen LogP contribution in [0.2, 0.25) is 0 Å². The molecule has 7 heteroatoms. The fraction of sp³-hybridized carbons (Fsp3) is 0.429. The van der Waals surface area contributed by atoms with Crippen LogP contribution in [0.15, 0.2) is 30.4 Å². The van der Waals surface area contributed by atoms with Gasteiger partial charge < -0.3 is 25.2 Å². The van der Waals surface area contributed by atoms with Crippen molar-refractivity contribution in [1.82, 2.24) is 0 Å². The van der Waals surface area contributed by atoms with E-state index in [9.17, 15) is 19.8 Å². The number of esters is 1. The summed E-state index contributed by atoms with van der Waals surface area (Å²) in [5.41, 5.74) is 0.516. The van der Waals surface area contributed by atoms with Gasteiger partial charge in [-0.3, -0.25) is 4.79 Å². The Bertz CT molecular complexity index is 781. The first-order valence-corrected chi connectivity index (χ1v) is 9.15. The normalized spacial score (nSPS) is 27.4. The molecule has 0 saturated heterocycles. The molecule has 1 unspecified atom stereocenters. The summed E-state index contributed by atoms with van der Waals surface area (Å²) in [6.07, 6.45) is 8.10. The monoisotopic (exact) mass is 390 g/mol. The molecular formula is C21H26O7. The molecule has 152 valence electrons. The van der Waals surface area contributed by atoms with Gasteiger partial charge in [-0.15, -0.1) is 0 Å². The van der Waals surface area contributed by atoms with Gasteiger partial charge in [-0.25, -0.2) is 4.79 Å². The molecule has 0 aromatic heterocycles. The van der Waals surface area contributed by atoms with E-state index >= 15 is 0 Å². The first-order chi connectivity index (χ1) is 13.0. The quantitative estimate of drug-likeness (QED) is 0.708. The average Bonchev–Trinajstić information content (AvgIpc) is 3.05. The van der Waals surface area contributed by atoms with E-state index in [0.29, 0.717) is 17.7 Å². The molecular weight excluding hydrogens is 364 g/mol. The van der Waals surface area contributed by atoms with Gasteiger partial charge in [0.25, 0.3) is 0 Å². The first-order valence-electron chi connectivity index (χ1n) is 9.15. The van der Waals surface area contributed by atoms with Crippen LogP contribution in [0.5, 0.6) is 11.5 Å². The lowest BCUT2D eigenvalue weighted by Crippen LogP contribution is -2.22. The maximum absolute atomic E-state index is 12.8. The number of methoxy groups -OCH3 is 1. The van der Waals surface area contributed by atoms with Crippen molar-refractivity contribution < 1.29 is 34.8 Å². The molecule has 7 nitrogen and oxygen atoms in total. The summed E-state index contributed by atoms with van der Waals surface area (Å²) in [6.45, 7) is 0. The van der Waals surface area contributed by atoms with Crippen LogP contribution in [-0.4, -0.2) is 46.8 Å². The number of carbonyl (C=O) groups is 2. The summed E-state index contributed by atoms with van der Waals surface area (Å²) in [4.78, 5) is 24.8. The number of fused-ring (bicyclic) bond motifs is 2. The van der Waals surface area contributed by atoms with Gasteiger partial charge in [-0.2, -0.15) is 0 Å². The predicted octanol–water partition coefficient (Wildman–Crippen LogP) is 2.19. The summed E-state index contributed by atoms with van der Waals surface area (Å²) in [5, 5.41) is 20.4. The second-order valence-electron chi connectivity index (χ2n) is 6.97. The Kier molecular flexibility index (Phi) is 7.37. The highest BCUT2D eigenvalue weighted by Gasteiger charge is 2.31. The van der Waals surface area contributed by atoms with Gasteiger partial charge in [-0.1, -0.05) is 18.2 Å². The minimum atomic E-state index is -0.810. The number of allylic oxidation sites excluding steroid dienone is 1. The first kappa shape index (κ1) is 21.7. The molecule has 2 aliphatic rings. The third-order valence-corrected chi connectivity index (χ3v) is 5.00. The molecule has 1 aromatic rings. The summed E-state index contributed by atoms with van der Waals surface area (Å²) in [5.74, 6) is -0.611. The molecule has 0 radical (unpaired) electrons. The molecule has 1 heterocycles. The summed E-state index contributed by atoms with van der Waals surface area (Å²) in [7, 11) is 1.47. The van der Waals surface area contributed by atoms with Gasteiger partial charge >= 0.3 is 5.97 Å². The zero-order chi connectivity index (χ0) is 19.4. The topological polar surface area (TPSA) is 125 Å². The van der Waals surface area contributed by atoms with E-state index in [-0.39, 0.29) is 47.4 Å². The van der Waals surface area contributed by atoms with Crippen molar-refractivity contribution in [3.8, 4) is 11.5 Å². The maximum Gasteiger partial charge on any atom is 0.342 e. The molecule has 28 heavy (non-hydrogen) atoms. The highest BCUT2D eigenvalue weighted by molar-refractivity contribution is 5.97. The van der Waals surface area contributed by atoms with Gasteiger partial charge in [0.15, 0.2) is 5.78 Å². The SMILES string of the molecule is COc1cc(O)c2c(c1)/C=C/C[C@H](O)CC(=O)/C=C\[C@H]1CCCC1OC2=O.O. The van der Waals surface area contributed by atoms with E-state index in [0.717, 1.165) is 12.8 Å². The Morgan fingerprint density at radius 3 is 2.71 bits per heavy atom. The zero-order valence-electron chi connectivity index (χ0n) is 15.8. The summed E-state index contributed by atoms with van der Waals surface area (Å²) < 4.78 is 10.8. The lowest BCUT2D eigenvalue weighted by Gasteiger charge is -2.19. The average molecular weight is 390 g/mol. The Morgan fingerprint density at radius 2 is 1.96 bits per heavy atom. The van der Waals surface area contributed by atoms with Gasteiger partial charge in [-0.05, 0) is 43.4 Å². The van der Waals surface area contributed by atoms with Crippen molar-refractivity contribution in [3.63, 3.8) is 0 Å². The number of benzene rings is 1. The Labute approximate surface area is 163 Å². The van der Waals surface area contributed by atoms with Crippen LogP contribution < -0.4 is 4.74 Å². The number of aliphatic hydroxyl groups is 1. The van der Waals surface area contributed by atoms with Gasteiger partial charge in [0, 0.05) is 18.4 Å². The zero-order valence-corrected chi connectivity index (χ0v) is 15.8. The van der Waals surface area contributed by atoms with Crippen molar-refractivity contribution in [2.24, 2.45) is 5.92 Å². The number of phenolic OH excluding ortho intramolecular Hbond substituents is 1. The van der Waals surface area contributed by atoms with Gasteiger partial charge in [0.2, 0.25) is 0 Å². The number of hydrogen-bond acceptors (Lipinski definition) is 6. The largest absolute Gasteiger partial charge is 0.507 e. The van der Waals surface area contributed by atoms with Crippen molar-refractivity contribution in [2.45, 2.75) is 44.3 Å². The lowest BCUT2D eigenvalue weighted by atomic mass is 10.0. The van der Waals surface area contributed by atoms with Crippen molar-refractivity contribution in [3.05, 3.63) is 41.5 Å². The van der Waals surface area contributed by atoms with Crippen molar-refractivity contribution >= 4 is 17.8 Å². The fourth-order valence-corrected chi connectivity index (χ4v) is 3.58. The number of carbonyl (C=O) groups excluding carboxylic acids is 2. The number of phenols is 1. The third kappa shape index (κ3) is 4.99. The van der Waals surface area contributed by atoms with E-state index in [1.165, 1.54) is 19.3 Å². The second kappa shape index (κ2) is 9.52. The number of hydrogen-bond donors (Lipinski definition) is 2. The molecule has 1 aliphatic carbocycles. The van der Waals surface area contributed by atoms with Crippen LogP contribution >= 0.6 is 0 Å². The number of ketones is 1. The number of ether oxygens (including phenoxy) is 2. The van der Waals surface area contributed by atoms with Crippen LogP contribution in [0.3, 0.4) is 0 Å². The summed E-state index contributed by atoms with van der Waals surface area (Å²) >= 11 is 0. The molecule has 0 spiro atoms. The number of aromatic hydroxyl groups is 1. The van der Waals surface area contributed by atoms with Crippen molar-refractivity contribution in [1.29, 1.82) is 0 Å². The number of aliphatic hydroxyl groups excluding tert-OH is 1. The second-order valence-corrected chi connectivity index (χ2v) is 6.97. The maximum atomic E-state index is 12.8. The molecule has 1 aromatic carbocycles. The third-order valence-electron chi connectivity index (χ3n) is 5.00. The summed E-state index contributed by atoms with van der Waals surface area (Å²) in [6, 6.07) is 3.00. The van der Waals surface area contributed by atoms with E-state index < -0.39 is 12.1 Å². The van der Waals surface area contributed by atoms with E-state index in [2.05, 4.69) is 0 Å². The predicted molar refractivity (Wildman–Crippen MR) is 103 cm³/mol. The van der Waals surface area contributed by atoms with E-state index in [1.807, 2.05) is 0 Å². The Hall–Kier alpha value is -2.64. The minimum absolute atomic E-state index is 0. The van der Waals surface area contributed by atoms with Crippen molar-refractivity contribution in [2.75, 3.05) is 7.11 Å². The van der Waals surface area contributed by atoms with Crippen LogP contribution in [-0.2, 0) is 9.53 Å². The highest BCUT2D eigenvalue weighted by atomic mass is 16.5. The molecule has 1 fully saturated rings. The molecule has 1 saturated carbocycles. The standard InChI is InChI=1S/C21H24O6.H2O/c1-26-17-10-14-5-2-6-15(22)11-16(23)9-8-13-4-3-7-19(13)27-21(25)20(14)18(24)12-17;/h2,5,8-10,12-13,15,19,22,24H,3-4,6-7,11H2,1H3;1H2/b5-2+,9-8-;/t13-,15+,19?;/m1./s1.